The molecule has 1 aromatic heterocycles. The van der Waals surface area contributed by atoms with Gasteiger partial charge < -0.3 is 4.74 Å². The van der Waals surface area contributed by atoms with Crippen molar-refractivity contribution in [2.75, 3.05) is 19.3 Å². The Morgan fingerprint density at radius 2 is 1.77 bits per heavy atom. The number of benzene rings is 2. The van der Waals surface area contributed by atoms with E-state index in [1.807, 2.05) is 0 Å². The number of hydrogen-bond acceptors (Lipinski definition) is 8. The molecule has 0 unspecified atom stereocenters. The fraction of sp³-hybridized carbons (Fsp3) is 0.318. The van der Waals surface area contributed by atoms with Gasteiger partial charge >= 0.3 is 5.69 Å². The minimum atomic E-state index is -4.04. The van der Waals surface area contributed by atoms with E-state index in [1.165, 1.54) is 22.5 Å². The maximum atomic E-state index is 13.4. The molecule has 0 radical (unpaired) electrons. The maximum Gasteiger partial charge on any atom is 0.349 e. The van der Waals surface area contributed by atoms with Crippen LogP contribution in [0.3, 0.4) is 0 Å². The van der Waals surface area contributed by atoms with E-state index < -0.39 is 49.5 Å². The fourth-order valence-electron chi connectivity index (χ4n) is 4.02. The van der Waals surface area contributed by atoms with Crippen LogP contribution in [0.25, 0.3) is 5.69 Å². The molecule has 2 aromatic carbocycles. The number of rotatable bonds is 8. The Morgan fingerprint density at radius 3 is 2.38 bits per heavy atom. The monoisotopic (exact) mass is 639 g/mol. The second-order valence-corrected chi connectivity index (χ2v) is 13.4. The summed E-state index contributed by atoms with van der Waals surface area (Å²) in [5.41, 5.74) is -3.38. The quantitative estimate of drug-likeness (QED) is 0.380. The average Bonchev–Trinajstić information content (AvgIpc) is 3.29. The summed E-state index contributed by atoms with van der Waals surface area (Å²) in [6.07, 6.45) is -1.96. The highest BCUT2D eigenvalue weighted by Gasteiger charge is 2.34. The van der Waals surface area contributed by atoms with Crippen molar-refractivity contribution >= 4 is 43.2 Å². The number of hydrogen-bond donors (Lipinski definition) is 2. The second kappa shape index (κ2) is 11.2. The lowest BCUT2D eigenvalue weighted by atomic mass is 10.2. The summed E-state index contributed by atoms with van der Waals surface area (Å²) in [6.45, 7) is 1.63. The second-order valence-electron chi connectivity index (χ2n) is 8.86. The molecule has 40 heavy (non-hydrogen) atoms. The van der Waals surface area contributed by atoms with Crippen molar-refractivity contribution in [2.45, 2.75) is 30.7 Å². The molecule has 12 nitrogen and oxygen atoms in total. The summed E-state index contributed by atoms with van der Waals surface area (Å²) in [5.74, 6) is -0.102. The van der Waals surface area contributed by atoms with Crippen molar-refractivity contribution in [1.82, 2.24) is 23.8 Å². The van der Waals surface area contributed by atoms with Gasteiger partial charge in [-0.15, -0.1) is 0 Å². The Balaban J connectivity index is 1.64. The molecule has 1 aliphatic heterocycles. The molecular weight excluding hydrogens is 619 g/mol. The first-order chi connectivity index (χ1) is 18.6. The number of alkyl halides is 2. The fourth-order valence-corrected chi connectivity index (χ4v) is 7.11. The summed E-state index contributed by atoms with van der Waals surface area (Å²) in [4.78, 5) is 25.4. The van der Waals surface area contributed by atoms with Gasteiger partial charge in [0.2, 0.25) is 20.0 Å². The first kappa shape index (κ1) is 30.1. The molecule has 0 saturated carbocycles. The normalized spacial score (nSPS) is 16.5. The predicted octanol–water partition coefficient (Wildman–Crippen LogP) is 2.58. The van der Waals surface area contributed by atoms with Gasteiger partial charge in [0, 0.05) is 25.2 Å². The van der Waals surface area contributed by atoms with E-state index in [2.05, 4.69) is 9.82 Å². The van der Waals surface area contributed by atoms with Crippen LogP contribution in [0.1, 0.15) is 24.1 Å². The van der Waals surface area contributed by atoms with Crippen molar-refractivity contribution in [2.24, 2.45) is 0 Å². The molecule has 2 heterocycles. The molecule has 0 bridgehead atoms. The van der Waals surface area contributed by atoms with Crippen molar-refractivity contribution in [3.05, 3.63) is 72.5 Å². The van der Waals surface area contributed by atoms with E-state index in [9.17, 15) is 35.2 Å². The highest BCUT2D eigenvalue weighted by Crippen LogP contribution is 2.39. The van der Waals surface area contributed by atoms with E-state index in [-0.39, 0.29) is 45.2 Å². The van der Waals surface area contributed by atoms with Crippen molar-refractivity contribution < 1.29 is 30.4 Å². The summed E-state index contributed by atoms with van der Waals surface area (Å²) in [7, 11) is -7.56. The molecule has 1 saturated heterocycles. The SMILES string of the molecule is Cc1ccc(Oc2c(Cl)cc(-n3nc(C(F)F)c(=O)[nH]c3=O)cc2Cl)cc1S(=O)(=O)N1CC[C@H](NS(C)(=O)=O)C1. The van der Waals surface area contributed by atoms with Gasteiger partial charge in [-0.05, 0) is 37.1 Å². The Kier molecular flexibility index (Phi) is 8.40. The van der Waals surface area contributed by atoms with Crippen LogP contribution >= 0.6 is 23.2 Å². The van der Waals surface area contributed by atoms with Gasteiger partial charge in [0.05, 0.1) is 26.9 Å². The molecule has 4 rings (SSSR count). The minimum absolute atomic E-state index is 0.0325. The van der Waals surface area contributed by atoms with Gasteiger partial charge in [-0.2, -0.15) is 14.1 Å². The summed E-state index contributed by atoms with van der Waals surface area (Å²) >= 11 is 12.6. The maximum absolute atomic E-state index is 13.4. The standard InChI is InChI=1S/C22H21Cl2F2N5O7S2/c1-11-3-4-14(9-17(11)40(36,37)30-6-5-12(10-30)29-39(2,34)35)38-19-15(23)7-13(8-16(19)24)31-22(33)27-21(32)18(28-31)20(25)26/h3-4,7-9,12,20,29H,5-6,10H2,1-2H3,(H,27,32,33)/t12-/m0/s1. The van der Waals surface area contributed by atoms with E-state index in [0.29, 0.717) is 16.7 Å². The third-order valence-corrected chi connectivity index (χ3v) is 9.15. The largest absolute Gasteiger partial charge is 0.454 e. The summed E-state index contributed by atoms with van der Waals surface area (Å²) < 4.78 is 85.8. The van der Waals surface area contributed by atoms with Crippen LogP contribution in [-0.4, -0.2) is 61.3 Å². The van der Waals surface area contributed by atoms with Gasteiger partial charge in [0.15, 0.2) is 11.4 Å². The van der Waals surface area contributed by atoms with Crippen LogP contribution in [0, 0.1) is 6.92 Å². The van der Waals surface area contributed by atoms with E-state index in [4.69, 9.17) is 27.9 Å². The Morgan fingerprint density at radius 1 is 1.12 bits per heavy atom. The molecule has 1 fully saturated rings. The third-order valence-electron chi connectivity index (χ3n) is 5.82. The minimum Gasteiger partial charge on any atom is -0.454 e. The van der Waals surface area contributed by atoms with Crippen molar-refractivity contribution in [3.63, 3.8) is 0 Å². The predicted molar refractivity (Wildman–Crippen MR) is 142 cm³/mol. The molecule has 0 aliphatic carbocycles. The van der Waals surface area contributed by atoms with Crippen LogP contribution < -0.4 is 20.7 Å². The third kappa shape index (κ3) is 6.37. The van der Waals surface area contributed by atoms with Crippen molar-refractivity contribution in [3.8, 4) is 17.2 Å². The molecule has 18 heteroatoms. The van der Waals surface area contributed by atoms with Crippen LogP contribution in [0.4, 0.5) is 8.78 Å². The van der Waals surface area contributed by atoms with Gasteiger partial charge in [-0.1, -0.05) is 29.3 Å². The number of nitrogens with zero attached hydrogens (tertiary/aromatic N) is 3. The topological polar surface area (TPSA) is 161 Å². The molecule has 3 aromatic rings. The van der Waals surface area contributed by atoms with Crippen molar-refractivity contribution in [1.29, 1.82) is 0 Å². The first-order valence-electron chi connectivity index (χ1n) is 11.3. The van der Waals surface area contributed by atoms with E-state index in [1.54, 1.807) is 11.9 Å². The molecule has 216 valence electrons. The highest BCUT2D eigenvalue weighted by atomic mass is 35.5. The number of H-pyrrole nitrogens is 1. The number of ether oxygens (including phenoxy) is 1. The number of aryl methyl sites for hydroxylation is 1. The highest BCUT2D eigenvalue weighted by molar-refractivity contribution is 7.89. The smallest absolute Gasteiger partial charge is 0.349 e. The number of halogens is 4. The zero-order valence-corrected chi connectivity index (χ0v) is 23.8. The van der Waals surface area contributed by atoms with Crippen LogP contribution in [0.2, 0.25) is 10.0 Å². The summed E-state index contributed by atoms with van der Waals surface area (Å²) in [6, 6.07) is 5.92. The first-order valence-corrected chi connectivity index (χ1v) is 15.4. The van der Waals surface area contributed by atoms with Gasteiger partial charge in [-0.25, -0.2) is 35.1 Å². The molecule has 0 amide bonds. The molecule has 1 atom stereocenters. The van der Waals surface area contributed by atoms with E-state index in [0.717, 1.165) is 18.4 Å². The zero-order chi connectivity index (χ0) is 29.6. The molecule has 1 aliphatic rings. The summed E-state index contributed by atoms with van der Waals surface area (Å²) in [5, 5.41) is 3.03. The number of aromatic nitrogens is 3. The average molecular weight is 640 g/mol. The number of aromatic amines is 1. The van der Waals surface area contributed by atoms with Crippen LogP contribution in [0.15, 0.2) is 44.8 Å². The lowest BCUT2D eigenvalue weighted by Gasteiger charge is -2.19. The van der Waals surface area contributed by atoms with Gasteiger partial charge in [0.1, 0.15) is 5.75 Å². The zero-order valence-electron chi connectivity index (χ0n) is 20.7. The van der Waals surface area contributed by atoms with Gasteiger partial charge in [0.25, 0.3) is 12.0 Å². The molecular formula is C22H21Cl2F2N5O7S2. The van der Waals surface area contributed by atoms with E-state index >= 15 is 0 Å². The van der Waals surface area contributed by atoms with Crippen LogP contribution in [-0.2, 0) is 20.0 Å². The lowest BCUT2D eigenvalue weighted by molar-refractivity contribution is 0.141. The lowest BCUT2D eigenvalue weighted by Crippen LogP contribution is -2.38. The van der Waals surface area contributed by atoms with Crippen LogP contribution in [0.5, 0.6) is 11.5 Å². The number of nitrogens with one attached hydrogen (secondary N) is 2. The molecule has 0 spiro atoms. The van der Waals surface area contributed by atoms with Gasteiger partial charge in [-0.3, -0.25) is 9.78 Å². The Bertz CT molecular complexity index is 1790. The Labute approximate surface area is 236 Å². The molecule has 2 N–H and O–H groups in total. The Hall–Kier alpha value is -2.89. The number of sulfonamides is 2.